The summed E-state index contributed by atoms with van der Waals surface area (Å²) >= 11 is 5.96. The monoisotopic (exact) mass is 265 g/mol. The largest absolute Gasteiger partial charge is 0.456 e. The lowest BCUT2D eigenvalue weighted by Gasteiger charge is -2.08. The van der Waals surface area contributed by atoms with Gasteiger partial charge in [-0.15, -0.1) is 0 Å². The molecule has 0 aliphatic heterocycles. The second kappa shape index (κ2) is 5.85. The van der Waals surface area contributed by atoms with Crippen molar-refractivity contribution in [1.82, 2.24) is 0 Å². The normalized spacial score (nSPS) is 10.4. The Bertz CT molecular complexity index is 545. The Kier molecular flexibility index (Phi) is 4.18. The average molecular weight is 266 g/mol. The van der Waals surface area contributed by atoms with Gasteiger partial charge in [0.1, 0.15) is 17.3 Å². The maximum absolute atomic E-state index is 13.7. The minimum absolute atomic E-state index is 0.315. The van der Waals surface area contributed by atoms with E-state index in [2.05, 4.69) is 0 Å². The molecule has 2 aromatic carbocycles. The predicted octanol–water partition coefficient (Wildman–Crippen LogP) is 3.77. The molecule has 0 saturated heterocycles. The smallest absolute Gasteiger partial charge is 0.146 e. The fraction of sp³-hybridized carbons (Fsp3) is 0.143. The lowest BCUT2D eigenvalue weighted by Crippen LogP contribution is -2.04. The maximum Gasteiger partial charge on any atom is 0.146 e. The van der Waals surface area contributed by atoms with Gasteiger partial charge in [-0.2, -0.15) is 0 Å². The summed E-state index contributed by atoms with van der Waals surface area (Å²) in [5.41, 5.74) is 5.98. The van der Waals surface area contributed by atoms with Gasteiger partial charge in [0, 0.05) is 6.07 Å². The highest BCUT2D eigenvalue weighted by Crippen LogP contribution is 2.29. The van der Waals surface area contributed by atoms with Crippen LogP contribution >= 0.6 is 11.6 Å². The molecule has 0 heterocycles. The summed E-state index contributed by atoms with van der Waals surface area (Å²) in [7, 11) is 0. The maximum atomic E-state index is 13.7. The molecule has 0 atom stereocenters. The van der Waals surface area contributed by atoms with Crippen LogP contribution < -0.4 is 10.5 Å². The van der Waals surface area contributed by atoms with Crippen LogP contribution in [-0.4, -0.2) is 6.54 Å². The first-order valence-corrected chi connectivity index (χ1v) is 5.99. The molecule has 0 aliphatic rings. The molecule has 0 unspecified atom stereocenters. The molecule has 0 spiro atoms. The molecular formula is C14H13ClFNO. The number of nitrogens with two attached hydrogens (primary N) is 1. The number of halogens is 2. The van der Waals surface area contributed by atoms with Crippen molar-refractivity contribution in [2.24, 2.45) is 5.73 Å². The fourth-order valence-corrected chi connectivity index (χ4v) is 1.78. The molecule has 2 nitrogen and oxygen atoms in total. The third-order valence-corrected chi connectivity index (χ3v) is 2.81. The van der Waals surface area contributed by atoms with E-state index in [-0.39, 0.29) is 5.82 Å². The van der Waals surface area contributed by atoms with Crippen molar-refractivity contribution in [1.29, 1.82) is 0 Å². The molecule has 2 aromatic rings. The third-order valence-electron chi connectivity index (χ3n) is 2.50. The first-order chi connectivity index (χ1) is 8.70. The molecule has 0 fully saturated rings. The predicted molar refractivity (Wildman–Crippen MR) is 70.7 cm³/mol. The minimum Gasteiger partial charge on any atom is -0.456 e. The van der Waals surface area contributed by atoms with Gasteiger partial charge in [-0.05, 0) is 36.7 Å². The summed E-state index contributed by atoms with van der Waals surface area (Å²) in [4.78, 5) is 0. The minimum atomic E-state index is -0.315. The number of para-hydroxylation sites is 1. The summed E-state index contributed by atoms with van der Waals surface area (Å²) in [5.74, 6) is 0.608. The van der Waals surface area contributed by atoms with Gasteiger partial charge in [0.15, 0.2) is 0 Å². The molecule has 0 aliphatic carbocycles. The lowest BCUT2D eigenvalue weighted by atomic mass is 10.1. The zero-order valence-corrected chi connectivity index (χ0v) is 10.5. The van der Waals surface area contributed by atoms with Crippen LogP contribution in [0.2, 0.25) is 5.02 Å². The van der Waals surface area contributed by atoms with E-state index in [4.69, 9.17) is 22.1 Å². The molecule has 0 saturated carbocycles. The number of hydrogen-bond acceptors (Lipinski definition) is 2. The standard InChI is InChI=1S/C14H13ClFNO/c15-12-3-1-2-4-14(12)18-11-6-5-10(7-8-17)13(16)9-11/h1-6,9H,7-8,17H2. The summed E-state index contributed by atoms with van der Waals surface area (Å²) in [6, 6.07) is 11.8. The van der Waals surface area contributed by atoms with Gasteiger partial charge < -0.3 is 10.5 Å². The van der Waals surface area contributed by atoms with Gasteiger partial charge in [-0.1, -0.05) is 29.8 Å². The van der Waals surface area contributed by atoms with Gasteiger partial charge in [0.25, 0.3) is 0 Å². The van der Waals surface area contributed by atoms with Gasteiger partial charge in [-0.25, -0.2) is 4.39 Å². The highest BCUT2D eigenvalue weighted by atomic mass is 35.5. The molecule has 18 heavy (non-hydrogen) atoms. The van der Waals surface area contributed by atoms with Crippen molar-refractivity contribution in [2.45, 2.75) is 6.42 Å². The molecular weight excluding hydrogens is 253 g/mol. The highest BCUT2D eigenvalue weighted by Gasteiger charge is 2.06. The Hall–Kier alpha value is -1.58. The molecule has 2 rings (SSSR count). The van der Waals surface area contributed by atoms with Gasteiger partial charge >= 0.3 is 0 Å². The van der Waals surface area contributed by atoms with Crippen LogP contribution in [0.3, 0.4) is 0 Å². The van der Waals surface area contributed by atoms with E-state index in [1.165, 1.54) is 6.07 Å². The molecule has 2 N–H and O–H groups in total. The lowest BCUT2D eigenvalue weighted by molar-refractivity contribution is 0.475. The summed E-state index contributed by atoms with van der Waals surface area (Å²) in [6.45, 7) is 0.418. The van der Waals surface area contributed by atoms with Crippen molar-refractivity contribution in [3.63, 3.8) is 0 Å². The van der Waals surface area contributed by atoms with Crippen molar-refractivity contribution < 1.29 is 9.13 Å². The van der Waals surface area contributed by atoms with E-state index < -0.39 is 0 Å². The van der Waals surface area contributed by atoms with E-state index in [1.807, 2.05) is 0 Å². The van der Waals surface area contributed by atoms with E-state index >= 15 is 0 Å². The van der Waals surface area contributed by atoms with Crippen LogP contribution in [0.1, 0.15) is 5.56 Å². The summed E-state index contributed by atoms with van der Waals surface area (Å²) in [6.07, 6.45) is 0.512. The van der Waals surface area contributed by atoms with Crippen molar-refractivity contribution in [3.05, 3.63) is 58.9 Å². The topological polar surface area (TPSA) is 35.2 Å². The van der Waals surface area contributed by atoms with Crippen molar-refractivity contribution in [2.75, 3.05) is 6.54 Å². The van der Waals surface area contributed by atoms with Crippen LogP contribution in [0.15, 0.2) is 42.5 Å². The molecule has 0 radical (unpaired) electrons. The SMILES string of the molecule is NCCc1ccc(Oc2ccccc2Cl)cc1F. The second-order valence-corrected chi connectivity index (χ2v) is 4.23. The van der Waals surface area contributed by atoms with E-state index in [1.54, 1.807) is 36.4 Å². The molecule has 94 valence electrons. The van der Waals surface area contributed by atoms with Crippen molar-refractivity contribution in [3.8, 4) is 11.5 Å². The zero-order valence-electron chi connectivity index (χ0n) is 9.70. The Balaban J connectivity index is 2.20. The van der Waals surface area contributed by atoms with Crippen LogP contribution in [0.25, 0.3) is 0 Å². The molecule has 0 bridgehead atoms. The summed E-state index contributed by atoms with van der Waals surface area (Å²) in [5, 5.41) is 0.490. The highest BCUT2D eigenvalue weighted by molar-refractivity contribution is 6.32. The quantitative estimate of drug-likeness (QED) is 0.913. The molecule has 0 amide bonds. The van der Waals surface area contributed by atoms with Crippen LogP contribution in [0.5, 0.6) is 11.5 Å². The van der Waals surface area contributed by atoms with Gasteiger partial charge in [-0.3, -0.25) is 0 Å². The Morgan fingerprint density at radius 1 is 1.17 bits per heavy atom. The average Bonchev–Trinajstić information content (AvgIpc) is 2.36. The Morgan fingerprint density at radius 3 is 2.61 bits per heavy atom. The number of hydrogen-bond donors (Lipinski definition) is 1. The van der Waals surface area contributed by atoms with Crippen molar-refractivity contribution >= 4 is 11.6 Å². The first-order valence-electron chi connectivity index (χ1n) is 5.61. The Morgan fingerprint density at radius 2 is 1.94 bits per heavy atom. The van der Waals surface area contributed by atoms with Gasteiger partial charge in [0.2, 0.25) is 0 Å². The fourth-order valence-electron chi connectivity index (χ4n) is 1.60. The second-order valence-electron chi connectivity index (χ2n) is 3.82. The third kappa shape index (κ3) is 3.00. The number of benzene rings is 2. The molecule has 0 aromatic heterocycles. The number of rotatable bonds is 4. The summed E-state index contributed by atoms with van der Waals surface area (Å²) < 4.78 is 19.2. The van der Waals surface area contributed by atoms with Crippen LogP contribution in [0.4, 0.5) is 4.39 Å². The van der Waals surface area contributed by atoms with Crippen LogP contribution in [0, 0.1) is 5.82 Å². The van der Waals surface area contributed by atoms with E-state index in [0.29, 0.717) is 35.1 Å². The molecule has 4 heteroatoms. The van der Waals surface area contributed by atoms with Gasteiger partial charge in [0.05, 0.1) is 5.02 Å². The first kappa shape index (κ1) is 12.9. The Labute approximate surface area is 110 Å². The van der Waals surface area contributed by atoms with Crippen LogP contribution in [-0.2, 0) is 6.42 Å². The van der Waals surface area contributed by atoms with E-state index in [0.717, 1.165) is 0 Å². The van der Waals surface area contributed by atoms with E-state index in [9.17, 15) is 4.39 Å². The number of ether oxygens (including phenoxy) is 1. The zero-order chi connectivity index (χ0) is 13.0.